The molecule has 1 atom stereocenters. The van der Waals surface area contributed by atoms with Crippen molar-refractivity contribution >= 4 is 5.91 Å². The van der Waals surface area contributed by atoms with E-state index in [9.17, 15) is 9.90 Å². The second-order valence-corrected chi connectivity index (χ2v) is 4.48. The van der Waals surface area contributed by atoms with Gasteiger partial charge >= 0.3 is 0 Å². The van der Waals surface area contributed by atoms with E-state index in [1.165, 1.54) is 4.90 Å². The zero-order valence-electron chi connectivity index (χ0n) is 11.7. The van der Waals surface area contributed by atoms with Gasteiger partial charge < -0.3 is 20.5 Å². The number of benzene rings is 1. The zero-order chi connectivity index (χ0) is 14.4. The van der Waals surface area contributed by atoms with E-state index in [-0.39, 0.29) is 12.5 Å². The van der Waals surface area contributed by atoms with Crippen molar-refractivity contribution in [2.75, 3.05) is 20.2 Å². The highest BCUT2D eigenvalue weighted by atomic mass is 16.5. The Labute approximate surface area is 114 Å². The number of aliphatic hydroxyl groups is 1. The Morgan fingerprint density at radius 3 is 2.74 bits per heavy atom. The van der Waals surface area contributed by atoms with Crippen LogP contribution in [-0.4, -0.2) is 42.2 Å². The van der Waals surface area contributed by atoms with E-state index in [1.807, 2.05) is 32.0 Å². The molecule has 3 N–H and O–H groups in total. The van der Waals surface area contributed by atoms with Crippen molar-refractivity contribution in [2.24, 2.45) is 5.73 Å². The SMILES string of the molecule is CCOc1ccc(CN(C)C(=O)C(O)CN)cc1C. The predicted octanol–water partition coefficient (Wildman–Crippen LogP) is 0.672. The zero-order valence-corrected chi connectivity index (χ0v) is 11.7. The topological polar surface area (TPSA) is 75.8 Å². The average Bonchev–Trinajstić information content (AvgIpc) is 2.40. The average molecular weight is 266 g/mol. The van der Waals surface area contributed by atoms with E-state index in [0.29, 0.717) is 13.2 Å². The third-order valence-corrected chi connectivity index (χ3v) is 2.84. The van der Waals surface area contributed by atoms with Gasteiger partial charge in [-0.1, -0.05) is 12.1 Å². The van der Waals surface area contributed by atoms with Crippen LogP contribution in [0.1, 0.15) is 18.1 Å². The van der Waals surface area contributed by atoms with Gasteiger partial charge in [0.25, 0.3) is 5.91 Å². The Balaban J connectivity index is 2.72. The standard InChI is InChI=1S/C14H22N2O3/c1-4-19-13-6-5-11(7-10(13)2)9-16(3)14(18)12(17)8-15/h5-7,12,17H,4,8-9,15H2,1-3H3. The molecule has 1 rings (SSSR count). The molecule has 106 valence electrons. The molecular formula is C14H22N2O3. The van der Waals surface area contributed by atoms with Crippen molar-refractivity contribution in [3.05, 3.63) is 29.3 Å². The summed E-state index contributed by atoms with van der Waals surface area (Å²) < 4.78 is 5.46. The van der Waals surface area contributed by atoms with Crippen LogP contribution >= 0.6 is 0 Å². The van der Waals surface area contributed by atoms with Crippen LogP contribution in [0.15, 0.2) is 18.2 Å². The van der Waals surface area contributed by atoms with Gasteiger partial charge in [0, 0.05) is 20.1 Å². The molecule has 19 heavy (non-hydrogen) atoms. The maximum absolute atomic E-state index is 11.7. The normalized spacial score (nSPS) is 12.1. The summed E-state index contributed by atoms with van der Waals surface area (Å²) in [6.07, 6.45) is -1.13. The number of rotatable bonds is 6. The second-order valence-electron chi connectivity index (χ2n) is 4.48. The lowest BCUT2D eigenvalue weighted by molar-refractivity contribution is -0.138. The van der Waals surface area contributed by atoms with Gasteiger partial charge in [-0.15, -0.1) is 0 Å². The molecule has 0 aliphatic heterocycles. The van der Waals surface area contributed by atoms with E-state index >= 15 is 0 Å². The third kappa shape index (κ3) is 4.22. The molecule has 0 bridgehead atoms. The maximum atomic E-state index is 11.7. The van der Waals surface area contributed by atoms with Crippen LogP contribution < -0.4 is 10.5 Å². The molecule has 0 spiro atoms. The minimum absolute atomic E-state index is 0.0640. The summed E-state index contributed by atoms with van der Waals surface area (Å²) in [6, 6.07) is 5.78. The van der Waals surface area contributed by atoms with Crippen molar-refractivity contribution in [2.45, 2.75) is 26.5 Å². The first kappa shape index (κ1) is 15.5. The van der Waals surface area contributed by atoms with Gasteiger partial charge in [0.1, 0.15) is 11.9 Å². The molecule has 0 aliphatic rings. The summed E-state index contributed by atoms with van der Waals surface area (Å²) >= 11 is 0. The summed E-state index contributed by atoms with van der Waals surface area (Å²) in [7, 11) is 1.65. The molecular weight excluding hydrogens is 244 g/mol. The Kier molecular flexibility index (Phi) is 5.79. The minimum atomic E-state index is -1.13. The molecule has 0 radical (unpaired) electrons. The maximum Gasteiger partial charge on any atom is 0.252 e. The summed E-state index contributed by atoms with van der Waals surface area (Å²) in [5.41, 5.74) is 7.28. The summed E-state index contributed by atoms with van der Waals surface area (Å²) in [6.45, 7) is 4.90. The highest BCUT2D eigenvalue weighted by Crippen LogP contribution is 2.19. The van der Waals surface area contributed by atoms with E-state index in [0.717, 1.165) is 16.9 Å². The van der Waals surface area contributed by atoms with Gasteiger partial charge in [0.05, 0.1) is 6.61 Å². The number of aryl methyl sites for hydroxylation is 1. The fourth-order valence-electron chi connectivity index (χ4n) is 1.83. The van der Waals surface area contributed by atoms with Crippen LogP contribution in [0.3, 0.4) is 0 Å². The number of amides is 1. The molecule has 5 nitrogen and oxygen atoms in total. The van der Waals surface area contributed by atoms with Crippen LogP contribution in [0.25, 0.3) is 0 Å². The number of hydrogen-bond donors (Lipinski definition) is 2. The van der Waals surface area contributed by atoms with E-state index < -0.39 is 6.10 Å². The Morgan fingerprint density at radius 1 is 1.53 bits per heavy atom. The fourth-order valence-corrected chi connectivity index (χ4v) is 1.83. The number of carbonyl (C=O) groups excluding carboxylic acids is 1. The lowest BCUT2D eigenvalue weighted by Gasteiger charge is -2.20. The Bertz CT molecular complexity index is 435. The highest BCUT2D eigenvalue weighted by Gasteiger charge is 2.17. The Hall–Kier alpha value is -1.59. The van der Waals surface area contributed by atoms with E-state index in [1.54, 1.807) is 7.05 Å². The van der Waals surface area contributed by atoms with Gasteiger partial charge in [0.15, 0.2) is 0 Å². The first-order valence-electron chi connectivity index (χ1n) is 6.35. The molecule has 0 saturated heterocycles. The van der Waals surface area contributed by atoms with Gasteiger partial charge in [-0.3, -0.25) is 4.79 Å². The van der Waals surface area contributed by atoms with Gasteiger partial charge in [-0.05, 0) is 31.0 Å². The lowest BCUT2D eigenvalue weighted by atomic mass is 10.1. The largest absolute Gasteiger partial charge is 0.494 e. The Morgan fingerprint density at radius 2 is 2.21 bits per heavy atom. The van der Waals surface area contributed by atoms with Crippen LogP contribution in [0.4, 0.5) is 0 Å². The van der Waals surface area contributed by atoms with Crippen LogP contribution in [0.5, 0.6) is 5.75 Å². The molecule has 0 heterocycles. The third-order valence-electron chi connectivity index (χ3n) is 2.84. The quantitative estimate of drug-likeness (QED) is 0.793. The molecule has 1 aromatic carbocycles. The van der Waals surface area contributed by atoms with E-state index in [4.69, 9.17) is 10.5 Å². The number of ether oxygens (including phenoxy) is 1. The van der Waals surface area contributed by atoms with Crippen LogP contribution in [-0.2, 0) is 11.3 Å². The van der Waals surface area contributed by atoms with Crippen LogP contribution in [0, 0.1) is 6.92 Å². The molecule has 5 heteroatoms. The lowest BCUT2D eigenvalue weighted by Crippen LogP contribution is -2.40. The van der Waals surface area contributed by atoms with Crippen molar-refractivity contribution in [1.29, 1.82) is 0 Å². The first-order valence-corrected chi connectivity index (χ1v) is 6.35. The molecule has 1 aromatic rings. The fraction of sp³-hybridized carbons (Fsp3) is 0.500. The number of hydrogen-bond acceptors (Lipinski definition) is 4. The first-order chi connectivity index (χ1) is 8.99. The second kappa shape index (κ2) is 7.11. The molecule has 1 amide bonds. The van der Waals surface area contributed by atoms with Crippen molar-refractivity contribution in [1.82, 2.24) is 4.90 Å². The molecule has 0 aliphatic carbocycles. The molecule has 0 aromatic heterocycles. The molecule has 1 unspecified atom stereocenters. The number of aliphatic hydroxyl groups excluding tert-OH is 1. The number of likely N-dealkylation sites (N-methyl/N-ethyl adjacent to an activating group) is 1. The van der Waals surface area contributed by atoms with Gasteiger partial charge in [-0.25, -0.2) is 0 Å². The van der Waals surface area contributed by atoms with E-state index in [2.05, 4.69) is 0 Å². The smallest absolute Gasteiger partial charge is 0.252 e. The number of nitrogens with two attached hydrogens (primary N) is 1. The number of carbonyl (C=O) groups is 1. The van der Waals surface area contributed by atoms with Crippen molar-refractivity contribution in [3.8, 4) is 5.75 Å². The summed E-state index contributed by atoms with van der Waals surface area (Å²) in [4.78, 5) is 13.2. The predicted molar refractivity (Wildman–Crippen MR) is 73.9 cm³/mol. The minimum Gasteiger partial charge on any atom is -0.494 e. The van der Waals surface area contributed by atoms with Crippen molar-refractivity contribution in [3.63, 3.8) is 0 Å². The number of nitrogens with zero attached hydrogens (tertiary/aromatic N) is 1. The summed E-state index contributed by atoms with van der Waals surface area (Å²) in [5.74, 6) is 0.483. The monoisotopic (exact) mass is 266 g/mol. The van der Waals surface area contributed by atoms with Gasteiger partial charge in [-0.2, -0.15) is 0 Å². The molecule has 0 saturated carbocycles. The van der Waals surface area contributed by atoms with Crippen molar-refractivity contribution < 1.29 is 14.6 Å². The van der Waals surface area contributed by atoms with Gasteiger partial charge in [0.2, 0.25) is 0 Å². The highest BCUT2D eigenvalue weighted by molar-refractivity contribution is 5.80. The molecule has 0 fully saturated rings. The van der Waals surface area contributed by atoms with Crippen LogP contribution in [0.2, 0.25) is 0 Å². The summed E-state index contributed by atoms with van der Waals surface area (Å²) in [5, 5.41) is 9.41.